The maximum atomic E-state index is 10.9. The Balaban J connectivity index is 3.44. The van der Waals surface area contributed by atoms with Crippen LogP contribution in [0, 0.1) is 11.3 Å². The Kier molecular flexibility index (Phi) is 7.15. The van der Waals surface area contributed by atoms with Crippen LogP contribution in [0.3, 0.4) is 0 Å². The molecule has 0 radical (unpaired) electrons. The van der Waals surface area contributed by atoms with Gasteiger partial charge in [-0.3, -0.25) is 9.59 Å². The summed E-state index contributed by atoms with van der Waals surface area (Å²) in [6, 6.07) is 1.84. The molecule has 0 aliphatic carbocycles. The fourth-order valence-electron chi connectivity index (χ4n) is 0.720. The van der Waals surface area contributed by atoms with Crippen LogP contribution in [-0.2, 0) is 19.1 Å². The Hall–Kier alpha value is -1.57. The number of ether oxygens (including phenoxy) is 2. The highest BCUT2D eigenvalue weighted by Crippen LogP contribution is 1.96. The zero-order valence-corrected chi connectivity index (χ0v) is 8.12. The van der Waals surface area contributed by atoms with Crippen molar-refractivity contribution in [1.82, 2.24) is 0 Å². The van der Waals surface area contributed by atoms with Crippen LogP contribution in [-0.4, -0.2) is 25.2 Å². The molecule has 0 bridgehead atoms. The highest BCUT2D eigenvalue weighted by molar-refractivity contribution is 5.77. The summed E-state index contributed by atoms with van der Waals surface area (Å²) < 4.78 is 9.26. The van der Waals surface area contributed by atoms with Crippen LogP contribution >= 0.6 is 0 Å². The van der Waals surface area contributed by atoms with E-state index in [0.29, 0.717) is 6.61 Å². The number of hydrogen-bond donors (Lipinski definition) is 0. The van der Waals surface area contributed by atoms with E-state index >= 15 is 0 Å². The van der Waals surface area contributed by atoms with Crippen molar-refractivity contribution >= 4 is 11.9 Å². The molecular formula is C9H13NO4. The molecular weight excluding hydrogens is 186 g/mol. The molecule has 78 valence electrons. The van der Waals surface area contributed by atoms with Gasteiger partial charge in [-0.05, 0) is 6.92 Å². The van der Waals surface area contributed by atoms with Gasteiger partial charge in [-0.25, -0.2) is 0 Å². The maximum absolute atomic E-state index is 10.9. The lowest BCUT2D eigenvalue weighted by Gasteiger charge is -2.02. The zero-order valence-electron chi connectivity index (χ0n) is 8.12. The Morgan fingerprint density at radius 2 is 1.79 bits per heavy atom. The lowest BCUT2D eigenvalue weighted by atomic mass is 10.3. The van der Waals surface area contributed by atoms with E-state index in [0.717, 1.165) is 0 Å². The predicted octanol–water partition coefficient (Wildman–Crippen LogP) is 0.787. The van der Waals surface area contributed by atoms with Crippen LogP contribution in [0.15, 0.2) is 0 Å². The molecule has 0 saturated heterocycles. The van der Waals surface area contributed by atoms with Gasteiger partial charge in [-0.15, -0.1) is 0 Å². The minimum atomic E-state index is -0.478. The number of nitriles is 1. The van der Waals surface area contributed by atoms with Crippen LogP contribution in [0.2, 0.25) is 0 Å². The summed E-state index contributed by atoms with van der Waals surface area (Å²) in [6.45, 7) is 2.09. The van der Waals surface area contributed by atoms with Gasteiger partial charge in [0.2, 0.25) is 0 Å². The molecule has 0 aromatic heterocycles. The van der Waals surface area contributed by atoms with Gasteiger partial charge in [0, 0.05) is 0 Å². The number of hydrogen-bond acceptors (Lipinski definition) is 5. The van der Waals surface area contributed by atoms with Crippen molar-refractivity contribution in [1.29, 1.82) is 5.26 Å². The van der Waals surface area contributed by atoms with E-state index in [-0.39, 0.29) is 25.9 Å². The lowest BCUT2D eigenvalue weighted by Crippen LogP contribution is -2.10. The molecule has 0 aromatic carbocycles. The van der Waals surface area contributed by atoms with Crippen molar-refractivity contribution in [2.75, 3.05) is 13.2 Å². The van der Waals surface area contributed by atoms with E-state index in [9.17, 15) is 9.59 Å². The quantitative estimate of drug-likeness (QED) is 0.466. The summed E-state index contributed by atoms with van der Waals surface area (Å²) >= 11 is 0. The van der Waals surface area contributed by atoms with Crippen molar-refractivity contribution in [3.63, 3.8) is 0 Å². The van der Waals surface area contributed by atoms with E-state index in [1.165, 1.54) is 0 Å². The van der Waals surface area contributed by atoms with Crippen molar-refractivity contribution in [2.45, 2.75) is 26.2 Å². The molecule has 0 aliphatic rings. The second-order valence-electron chi connectivity index (χ2n) is 2.43. The van der Waals surface area contributed by atoms with Crippen molar-refractivity contribution in [3.8, 4) is 6.07 Å². The Morgan fingerprint density at radius 1 is 1.21 bits per heavy atom. The van der Waals surface area contributed by atoms with E-state index in [2.05, 4.69) is 9.47 Å². The van der Waals surface area contributed by atoms with Gasteiger partial charge in [0.05, 0.1) is 31.9 Å². The van der Waals surface area contributed by atoms with Gasteiger partial charge in [0.1, 0.15) is 6.61 Å². The molecule has 5 nitrogen and oxygen atoms in total. The van der Waals surface area contributed by atoms with Crippen LogP contribution in [0.1, 0.15) is 26.2 Å². The van der Waals surface area contributed by atoms with Gasteiger partial charge < -0.3 is 9.47 Å². The van der Waals surface area contributed by atoms with Gasteiger partial charge in [0.25, 0.3) is 0 Å². The number of carbonyl (C=O) groups is 2. The van der Waals surface area contributed by atoms with Crippen LogP contribution in [0.4, 0.5) is 0 Å². The first-order chi connectivity index (χ1) is 6.70. The fourth-order valence-corrected chi connectivity index (χ4v) is 0.720. The van der Waals surface area contributed by atoms with Crippen LogP contribution < -0.4 is 0 Å². The van der Waals surface area contributed by atoms with Gasteiger partial charge in [-0.1, -0.05) is 0 Å². The maximum Gasteiger partial charge on any atom is 0.306 e. The molecule has 0 saturated carbocycles. The van der Waals surface area contributed by atoms with Crippen molar-refractivity contribution in [3.05, 3.63) is 0 Å². The van der Waals surface area contributed by atoms with Gasteiger partial charge in [0.15, 0.2) is 0 Å². The van der Waals surface area contributed by atoms with Crippen LogP contribution in [0.25, 0.3) is 0 Å². The first-order valence-corrected chi connectivity index (χ1v) is 4.39. The van der Waals surface area contributed by atoms with Crippen molar-refractivity contribution in [2.24, 2.45) is 0 Å². The van der Waals surface area contributed by atoms with E-state index in [1.807, 2.05) is 6.07 Å². The summed E-state index contributed by atoms with van der Waals surface area (Å²) in [5.41, 5.74) is 0. The minimum absolute atomic E-state index is 0.00423. The number of nitrogens with zero attached hydrogens (tertiary/aromatic N) is 1. The molecule has 0 rings (SSSR count). The summed E-state index contributed by atoms with van der Waals surface area (Å²) in [4.78, 5) is 21.7. The molecule has 0 fully saturated rings. The molecule has 0 N–H and O–H groups in total. The minimum Gasteiger partial charge on any atom is -0.466 e. The third-order valence-electron chi connectivity index (χ3n) is 1.32. The molecule has 0 unspecified atom stereocenters. The first kappa shape index (κ1) is 12.4. The monoisotopic (exact) mass is 199 g/mol. The summed E-state index contributed by atoms with van der Waals surface area (Å²) in [6.07, 6.45) is 0.203. The van der Waals surface area contributed by atoms with Gasteiger partial charge >= 0.3 is 11.9 Å². The highest BCUT2D eigenvalue weighted by Gasteiger charge is 2.07. The number of rotatable bonds is 6. The van der Waals surface area contributed by atoms with Crippen LogP contribution in [0.5, 0.6) is 0 Å². The van der Waals surface area contributed by atoms with Crippen molar-refractivity contribution < 1.29 is 19.1 Å². The van der Waals surface area contributed by atoms with Gasteiger partial charge in [-0.2, -0.15) is 5.26 Å². The molecule has 0 atom stereocenters. The Bertz CT molecular complexity index is 231. The highest BCUT2D eigenvalue weighted by atomic mass is 16.5. The predicted molar refractivity (Wildman–Crippen MR) is 47.1 cm³/mol. The Labute approximate surface area is 82.6 Å². The summed E-state index contributed by atoms with van der Waals surface area (Å²) in [5, 5.41) is 8.15. The summed E-state index contributed by atoms with van der Waals surface area (Å²) in [7, 11) is 0. The topological polar surface area (TPSA) is 76.4 Å². The average molecular weight is 199 g/mol. The first-order valence-electron chi connectivity index (χ1n) is 4.39. The van der Waals surface area contributed by atoms with E-state index < -0.39 is 11.9 Å². The second kappa shape index (κ2) is 8.05. The SMILES string of the molecule is CCOC(=O)CCC(=O)OCCC#N. The molecule has 14 heavy (non-hydrogen) atoms. The second-order valence-corrected chi connectivity index (χ2v) is 2.43. The summed E-state index contributed by atoms with van der Waals surface area (Å²) in [5.74, 6) is -0.891. The molecule has 5 heteroatoms. The third-order valence-corrected chi connectivity index (χ3v) is 1.32. The molecule has 0 amide bonds. The largest absolute Gasteiger partial charge is 0.466 e. The van der Waals surface area contributed by atoms with E-state index in [4.69, 9.17) is 5.26 Å². The number of esters is 2. The van der Waals surface area contributed by atoms with E-state index in [1.54, 1.807) is 6.92 Å². The fraction of sp³-hybridized carbons (Fsp3) is 0.667. The molecule has 0 aromatic rings. The smallest absolute Gasteiger partial charge is 0.306 e. The molecule has 0 heterocycles. The average Bonchev–Trinajstić information content (AvgIpc) is 2.16. The lowest BCUT2D eigenvalue weighted by molar-refractivity contribution is -0.150. The molecule has 0 spiro atoms. The normalized spacial score (nSPS) is 8.86. The third kappa shape index (κ3) is 7.10. The number of carbonyl (C=O) groups excluding carboxylic acids is 2. The molecule has 0 aliphatic heterocycles. The zero-order chi connectivity index (χ0) is 10.8. The standard InChI is InChI=1S/C9H13NO4/c1-2-13-8(11)4-5-9(12)14-7-3-6-10/h2-5,7H2,1H3. The Morgan fingerprint density at radius 3 is 2.29 bits per heavy atom.